The van der Waals surface area contributed by atoms with E-state index >= 15 is 0 Å². The minimum atomic E-state index is 0.227. The Morgan fingerprint density at radius 1 is 1.00 bits per heavy atom. The van der Waals surface area contributed by atoms with Crippen molar-refractivity contribution in [3.63, 3.8) is 0 Å². The molecular weight excluding hydrogens is 246 g/mol. The molecule has 1 amide bonds. The Morgan fingerprint density at radius 3 is 2.50 bits per heavy atom. The summed E-state index contributed by atoms with van der Waals surface area (Å²) in [6.45, 7) is 2.38. The number of carbonyl (C=O) groups is 1. The Kier molecular flexibility index (Phi) is 4.09. The van der Waals surface area contributed by atoms with E-state index in [-0.39, 0.29) is 11.8 Å². The summed E-state index contributed by atoms with van der Waals surface area (Å²) in [7, 11) is 0. The van der Waals surface area contributed by atoms with Crippen LogP contribution in [0.25, 0.3) is 0 Å². The van der Waals surface area contributed by atoms with Crippen LogP contribution in [0.2, 0.25) is 0 Å². The van der Waals surface area contributed by atoms with Crippen LogP contribution in [0.4, 0.5) is 5.69 Å². The molecule has 2 saturated carbocycles. The van der Waals surface area contributed by atoms with Gasteiger partial charge in [0, 0.05) is 11.6 Å². The van der Waals surface area contributed by atoms with Crippen LogP contribution in [-0.2, 0) is 4.79 Å². The fraction of sp³-hybridized carbons (Fsp3) is 0.611. The van der Waals surface area contributed by atoms with Gasteiger partial charge in [0.1, 0.15) is 0 Å². The predicted octanol–water partition coefficient (Wildman–Crippen LogP) is 4.48. The Labute approximate surface area is 122 Å². The molecule has 1 aromatic rings. The molecule has 1 aromatic carbocycles. The molecule has 2 aliphatic carbocycles. The molecule has 0 aliphatic heterocycles. The van der Waals surface area contributed by atoms with Crippen LogP contribution >= 0.6 is 0 Å². The SMILES string of the molecule is CC1CCC2C[C@H](C(=O)Nc3ccccc3)CC[C@@H]2C1. The quantitative estimate of drug-likeness (QED) is 0.844. The highest BCUT2D eigenvalue weighted by molar-refractivity contribution is 5.92. The summed E-state index contributed by atoms with van der Waals surface area (Å²) >= 11 is 0. The van der Waals surface area contributed by atoms with Gasteiger partial charge in [-0.2, -0.15) is 0 Å². The molecule has 0 aromatic heterocycles. The fourth-order valence-electron chi connectivity index (χ4n) is 4.13. The van der Waals surface area contributed by atoms with E-state index in [1.165, 1.54) is 25.7 Å². The Bertz CT molecular complexity index is 456. The number of para-hydroxylation sites is 1. The van der Waals surface area contributed by atoms with Gasteiger partial charge in [-0.1, -0.05) is 31.5 Å². The van der Waals surface area contributed by atoms with Gasteiger partial charge in [0.15, 0.2) is 0 Å². The summed E-state index contributed by atoms with van der Waals surface area (Å²) in [6, 6.07) is 9.84. The first kappa shape index (κ1) is 13.7. The summed E-state index contributed by atoms with van der Waals surface area (Å²) < 4.78 is 0. The van der Waals surface area contributed by atoms with Crippen molar-refractivity contribution in [1.29, 1.82) is 0 Å². The first-order valence-corrected chi connectivity index (χ1v) is 8.08. The fourth-order valence-corrected chi connectivity index (χ4v) is 4.13. The number of carbonyl (C=O) groups excluding carboxylic acids is 1. The number of anilines is 1. The molecule has 0 bridgehead atoms. The number of hydrogen-bond acceptors (Lipinski definition) is 1. The van der Waals surface area contributed by atoms with E-state index < -0.39 is 0 Å². The van der Waals surface area contributed by atoms with Gasteiger partial charge < -0.3 is 5.32 Å². The lowest BCUT2D eigenvalue weighted by atomic mass is 9.65. The molecule has 1 N–H and O–H groups in total. The molecule has 0 heterocycles. The third-order valence-corrected chi connectivity index (χ3v) is 5.29. The molecule has 0 saturated heterocycles. The Hall–Kier alpha value is -1.31. The highest BCUT2D eigenvalue weighted by Crippen LogP contribution is 2.44. The largest absolute Gasteiger partial charge is 0.326 e. The minimum Gasteiger partial charge on any atom is -0.326 e. The number of amides is 1. The van der Waals surface area contributed by atoms with Crippen LogP contribution in [0.5, 0.6) is 0 Å². The first-order valence-electron chi connectivity index (χ1n) is 8.08. The minimum absolute atomic E-state index is 0.227. The lowest BCUT2D eigenvalue weighted by Gasteiger charge is -2.41. The Morgan fingerprint density at radius 2 is 1.70 bits per heavy atom. The van der Waals surface area contributed by atoms with Gasteiger partial charge >= 0.3 is 0 Å². The molecule has 4 atom stereocenters. The van der Waals surface area contributed by atoms with Gasteiger partial charge in [-0.25, -0.2) is 0 Å². The van der Waals surface area contributed by atoms with Crippen molar-refractivity contribution in [2.45, 2.75) is 45.4 Å². The molecule has 2 aliphatic rings. The molecular formula is C18H25NO. The second-order valence-electron chi connectivity index (χ2n) is 6.80. The lowest BCUT2D eigenvalue weighted by molar-refractivity contribution is -0.122. The van der Waals surface area contributed by atoms with E-state index in [1.807, 2.05) is 30.3 Å². The van der Waals surface area contributed by atoms with Crippen molar-refractivity contribution < 1.29 is 4.79 Å². The summed E-state index contributed by atoms with van der Waals surface area (Å²) in [6.07, 6.45) is 7.51. The predicted molar refractivity (Wildman–Crippen MR) is 82.4 cm³/mol. The van der Waals surface area contributed by atoms with Crippen LogP contribution < -0.4 is 5.32 Å². The second-order valence-corrected chi connectivity index (χ2v) is 6.80. The molecule has 3 rings (SSSR count). The van der Waals surface area contributed by atoms with E-state index in [0.717, 1.165) is 36.3 Å². The zero-order valence-corrected chi connectivity index (χ0v) is 12.3. The molecule has 2 unspecified atom stereocenters. The number of fused-ring (bicyclic) bond motifs is 1. The molecule has 108 valence electrons. The highest BCUT2D eigenvalue weighted by atomic mass is 16.1. The number of hydrogen-bond donors (Lipinski definition) is 1. The second kappa shape index (κ2) is 5.99. The summed E-state index contributed by atoms with van der Waals surface area (Å²) in [5, 5.41) is 3.08. The third-order valence-electron chi connectivity index (χ3n) is 5.29. The maximum atomic E-state index is 12.4. The van der Waals surface area contributed by atoms with Crippen LogP contribution in [0, 0.1) is 23.7 Å². The molecule has 2 fully saturated rings. The summed E-state index contributed by atoms with van der Waals surface area (Å²) in [4.78, 5) is 12.4. The molecule has 2 nitrogen and oxygen atoms in total. The van der Waals surface area contributed by atoms with Gasteiger partial charge in [-0.3, -0.25) is 4.79 Å². The van der Waals surface area contributed by atoms with Crippen molar-refractivity contribution in [3.05, 3.63) is 30.3 Å². The first-order chi connectivity index (χ1) is 9.72. The van der Waals surface area contributed by atoms with E-state index in [9.17, 15) is 4.79 Å². The lowest BCUT2D eigenvalue weighted by Crippen LogP contribution is -2.35. The molecule has 0 radical (unpaired) electrons. The summed E-state index contributed by atoms with van der Waals surface area (Å²) in [5.41, 5.74) is 0.928. The third kappa shape index (κ3) is 3.05. The van der Waals surface area contributed by atoms with Gasteiger partial charge in [-0.05, 0) is 62.0 Å². The standard InChI is InChI=1S/C18H25NO/c1-13-7-8-15-12-16(10-9-14(15)11-13)18(20)19-17-5-3-2-4-6-17/h2-6,13-16H,7-12H2,1H3,(H,19,20)/t13?,14-,15?,16-/m1/s1. The van der Waals surface area contributed by atoms with Gasteiger partial charge in [-0.15, -0.1) is 0 Å². The average molecular weight is 271 g/mol. The number of rotatable bonds is 2. The van der Waals surface area contributed by atoms with Gasteiger partial charge in [0.25, 0.3) is 0 Å². The smallest absolute Gasteiger partial charge is 0.227 e. The zero-order valence-electron chi connectivity index (χ0n) is 12.3. The Balaban J connectivity index is 1.57. The average Bonchev–Trinajstić information content (AvgIpc) is 2.47. The van der Waals surface area contributed by atoms with Crippen molar-refractivity contribution in [1.82, 2.24) is 0 Å². The van der Waals surface area contributed by atoms with Crippen LogP contribution in [0.1, 0.15) is 45.4 Å². The monoisotopic (exact) mass is 271 g/mol. The van der Waals surface area contributed by atoms with Crippen molar-refractivity contribution >= 4 is 11.6 Å². The van der Waals surface area contributed by atoms with E-state index in [1.54, 1.807) is 0 Å². The van der Waals surface area contributed by atoms with Crippen molar-refractivity contribution in [3.8, 4) is 0 Å². The van der Waals surface area contributed by atoms with Crippen LogP contribution in [-0.4, -0.2) is 5.91 Å². The number of benzene rings is 1. The van der Waals surface area contributed by atoms with Crippen LogP contribution in [0.15, 0.2) is 30.3 Å². The van der Waals surface area contributed by atoms with E-state index in [0.29, 0.717) is 0 Å². The van der Waals surface area contributed by atoms with E-state index in [4.69, 9.17) is 0 Å². The molecule has 0 spiro atoms. The van der Waals surface area contributed by atoms with Gasteiger partial charge in [0.2, 0.25) is 5.91 Å². The topological polar surface area (TPSA) is 29.1 Å². The summed E-state index contributed by atoms with van der Waals surface area (Å²) in [5.74, 6) is 3.04. The van der Waals surface area contributed by atoms with Crippen LogP contribution in [0.3, 0.4) is 0 Å². The van der Waals surface area contributed by atoms with Crippen molar-refractivity contribution in [2.24, 2.45) is 23.7 Å². The maximum absolute atomic E-state index is 12.4. The zero-order chi connectivity index (χ0) is 13.9. The molecule has 2 heteroatoms. The highest BCUT2D eigenvalue weighted by Gasteiger charge is 2.36. The van der Waals surface area contributed by atoms with Crippen molar-refractivity contribution in [2.75, 3.05) is 5.32 Å². The van der Waals surface area contributed by atoms with E-state index in [2.05, 4.69) is 12.2 Å². The van der Waals surface area contributed by atoms with Gasteiger partial charge in [0.05, 0.1) is 0 Å². The number of nitrogens with one attached hydrogen (secondary N) is 1. The normalized spacial score (nSPS) is 33.2. The molecule has 20 heavy (non-hydrogen) atoms. The maximum Gasteiger partial charge on any atom is 0.227 e.